The molecule has 0 bridgehead atoms. The van der Waals surface area contributed by atoms with Crippen molar-refractivity contribution in [2.75, 3.05) is 18.9 Å². The summed E-state index contributed by atoms with van der Waals surface area (Å²) in [7, 11) is 0. The second-order valence-electron chi connectivity index (χ2n) is 5.92. The van der Waals surface area contributed by atoms with Crippen LogP contribution in [0.3, 0.4) is 0 Å². The van der Waals surface area contributed by atoms with Crippen LogP contribution in [0.5, 0.6) is 0 Å². The predicted octanol–water partition coefficient (Wildman–Crippen LogP) is 1.09. The summed E-state index contributed by atoms with van der Waals surface area (Å²) < 4.78 is 10.3. The third-order valence-electron chi connectivity index (χ3n) is 4.05. The van der Waals surface area contributed by atoms with Gasteiger partial charge in [-0.05, 0) is 12.5 Å². The van der Waals surface area contributed by atoms with Gasteiger partial charge >= 0.3 is 18.0 Å². The number of urea groups is 1. The lowest BCUT2D eigenvalue weighted by molar-refractivity contribution is -0.139. The summed E-state index contributed by atoms with van der Waals surface area (Å²) in [6.07, 6.45) is 2.64. The first-order valence-corrected chi connectivity index (χ1v) is 8.77. The molecule has 1 aliphatic rings. The van der Waals surface area contributed by atoms with Crippen molar-refractivity contribution in [1.29, 1.82) is 0 Å². The van der Waals surface area contributed by atoms with E-state index in [1.54, 1.807) is 31.2 Å². The summed E-state index contributed by atoms with van der Waals surface area (Å²) in [4.78, 5) is 44.7. The van der Waals surface area contributed by atoms with Crippen molar-refractivity contribution in [3.63, 3.8) is 0 Å². The number of anilines is 1. The van der Waals surface area contributed by atoms with E-state index < -0.39 is 24.0 Å². The molecule has 0 aliphatic carbocycles. The first-order chi connectivity index (χ1) is 14.0. The van der Waals surface area contributed by atoms with E-state index in [9.17, 15) is 14.4 Å². The van der Waals surface area contributed by atoms with Crippen LogP contribution in [0.15, 0.2) is 54.0 Å². The SMILES string of the molecule is CCOC(=O)C1=C(COC(=O)c2nccnc2N)NC(=O)N[C@H]1c1ccccc1. The number of nitrogen functional groups attached to an aromatic ring is 1. The molecule has 0 radical (unpaired) electrons. The second kappa shape index (κ2) is 8.83. The molecular formula is C19H19N5O5. The van der Waals surface area contributed by atoms with Gasteiger partial charge in [0.05, 0.1) is 23.9 Å². The van der Waals surface area contributed by atoms with Crippen LogP contribution in [0.4, 0.5) is 10.6 Å². The normalized spacial score (nSPS) is 15.9. The minimum Gasteiger partial charge on any atom is -0.463 e. The van der Waals surface area contributed by atoms with Crippen LogP contribution < -0.4 is 16.4 Å². The van der Waals surface area contributed by atoms with Gasteiger partial charge in [-0.2, -0.15) is 0 Å². The molecular weight excluding hydrogens is 378 g/mol. The van der Waals surface area contributed by atoms with Crippen LogP contribution >= 0.6 is 0 Å². The molecule has 10 nitrogen and oxygen atoms in total. The van der Waals surface area contributed by atoms with Crippen molar-refractivity contribution in [3.8, 4) is 0 Å². The van der Waals surface area contributed by atoms with E-state index in [-0.39, 0.29) is 36.0 Å². The molecule has 1 aromatic carbocycles. The summed E-state index contributed by atoms with van der Waals surface area (Å²) in [5.74, 6) is -1.57. The van der Waals surface area contributed by atoms with E-state index in [1.165, 1.54) is 12.4 Å². The fourth-order valence-electron chi connectivity index (χ4n) is 2.79. The lowest BCUT2D eigenvalue weighted by atomic mass is 9.95. The first kappa shape index (κ1) is 19.8. The molecule has 0 unspecified atom stereocenters. The molecule has 150 valence electrons. The Hall–Kier alpha value is -3.95. The molecule has 2 aromatic rings. The number of benzene rings is 1. The Bertz CT molecular complexity index is 960. The third-order valence-corrected chi connectivity index (χ3v) is 4.05. The number of aromatic nitrogens is 2. The van der Waals surface area contributed by atoms with Gasteiger partial charge in [-0.25, -0.2) is 24.4 Å². The monoisotopic (exact) mass is 397 g/mol. The first-order valence-electron chi connectivity index (χ1n) is 8.77. The molecule has 2 amide bonds. The van der Waals surface area contributed by atoms with Gasteiger partial charge in [-0.15, -0.1) is 0 Å². The van der Waals surface area contributed by atoms with Gasteiger partial charge in [0.2, 0.25) is 0 Å². The smallest absolute Gasteiger partial charge is 0.361 e. The minimum atomic E-state index is -0.838. The fraction of sp³-hybridized carbons (Fsp3) is 0.211. The second-order valence-corrected chi connectivity index (χ2v) is 5.92. The number of esters is 2. The van der Waals surface area contributed by atoms with Crippen LogP contribution in [0.1, 0.15) is 29.0 Å². The highest BCUT2D eigenvalue weighted by atomic mass is 16.5. The number of hydrogen-bond donors (Lipinski definition) is 3. The van der Waals surface area contributed by atoms with Gasteiger partial charge in [0.25, 0.3) is 0 Å². The topological polar surface area (TPSA) is 146 Å². The molecule has 2 heterocycles. The third kappa shape index (κ3) is 4.49. The molecule has 4 N–H and O–H groups in total. The van der Waals surface area contributed by atoms with Gasteiger partial charge in [-0.3, -0.25) is 0 Å². The Labute approximate surface area is 166 Å². The number of amides is 2. The molecule has 1 aromatic heterocycles. The highest BCUT2D eigenvalue weighted by Gasteiger charge is 2.34. The summed E-state index contributed by atoms with van der Waals surface area (Å²) in [5, 5.41) is 5.20. The zero-order valence-corrected chi connectivity index (χ0v) is 15.5. The summed E-state index contributed by atoms with van der Waals surface area (Å²) >= 11 is 0. The van der Waals surface area contributed by atoms with E-state index in [2.05, 4.69) is 20.6 Å². The van der Waals surface area contributed by atoms with E-state index in [0.29, 0.717) is 5.56 Å². The highest BCUT2D eigenvalue weighted by Crippen LogP contribution is 2.28. The average molecular weight is 397 g/mol. The number of carbonyl (C=O) groups is 3. The largest absolute Gasteiger partial charge is 0.463 e. The van der Waals surface area contributed by atoms with Crippen molar-refractivity contribution in [3.05, 3.63) is 65.3 Å². The maximum Gasteiger partial charge on any atom is 0.361 e. The lowest BCUT2D eigenvalue weighted by Gasteiger charge is -2.29. The minimum absolute atomic E-state index is 0.0893. The van der Waals surface area contributed by atoms with Crippen LogP contribution in [-0.4, -0.2) is 41.2 Å². The molecule has 1 atom stereocenters. The number of nitrogens with two attached hydrogens (primary N) is 1. The van der Waals surface area contributed by atoms with Crippen molar-refractivity contribution < 1.29 is 23.9 Å². The van der Waals surface area contributed by atoms with E-state index in [0.717, 1.165) is 0 Å². The fourth-order valence-corrected chi connectivity index (χ4v) is 2.79. The van der Waals surface area contributed by atoms with E-state index in [1.807, 2.05) is 6.07 Å². The number of hydrogen-bond acceptors (Lipinski definition) is 8. The predicted molar refractivity (Wildman–Crippen MR) is 101 cm³/mol. The van der Waals surface area contributed by atoms with Crippen molar-refractivity contribution in [2.45, 2.75) is 13.0 Å². The number of nitrogens with zero attached hydrogens (tertiary/aromatic N) is 2. The molecule has 1 aliphatic heterocycles. The number of ether oxygens (including phenoxy) is 2. The molecule has 0 spiro atoms. The molecule has 3 rings (SSSR count). The van der Waals surface area contributed by atoms with Gasteiger partial charge in [0.15, 0.2) is 11.5 Å². The number of rotatable bonds is 6. The highest BCUT2D eigenvalue weighted by molar-refractivity contribution is 5.96. The van der Waals surface area contributed by atoms with Crippen molar-refractivity contribution in [2.24, 2.45) is 0 Å². The Morgan fingerprint density at radius 2 is 1.83 bits per heavy atom. The Kier molecular flexibility index (Phi) is 6.03. The zero-order chi connectivity index (χ0) is 20.8. The quantitative estimate of drug-likeness (QED) is 0.614. The van der Waals surface area contributed by atoms with Crippen molar-refractivity contribution >= 4 is 23.8 Å². The maximum atomic E-state index is 12.6. The molecule has 0 saturated carbocycles. The van der Waals surface area contributed by atoms with Crippen LogP contribution in [0.25, 0.3) is 0 Å². The van der Waals surface area contributed by atoms with E-state index >= 15 is 0 Å². The van der Waals surface area contributed by atoms with Crippen LogP contribution in [-0.2, 0) is 14.3 Å². The molecule has 0 saturated heterocycles. The molecule has 10 heteroatoms. The van der Waals surface area contributed by atoms with Gasteiger partial charge in [0.1, 0.15) is 6.61 Å². The summed E-state index contributed by atoms with van der Waals surface area (Å²) in [5.41, 5.74) is 6.38. The standard InChI is InChI=1S/C19H19N5O5/c1-2-28-17(25)13-12(10-29-18(26)15-16(20)22-9-8-21-15)23-19(27)24-14(13)11-6-4-3-5-7-11/h3-9,14H,2,10H2,1H3,(H2,20,22)(H2,23,24,27)/t14-/m0/s1. The zero-order valence-electron chi connectivity index (χ0n) is 15.5. The number of carbonyl (C=O) groups excluding carboxylic acids is 3. The maximum absolute atomic E-state index is 12.6. The Morgan fingerprint density at radius 3 is 2.52 bits per heavy atom. The summed E-state index contributed by atoms with van der Waals surface area (Å²) in [6.45, 7) is 1.42. The Balaban J connectivity index is 1.92. The van der Waals surface area contributed by atoms with Gasteiger partial charge < -0.3 is 25.8 Å². The van der Waals surface area contributed by atoms with Gasteiger partial charge in [0, 0.05) is 12.4 Å². The lowest BCUT2D eigenvalue weighted by Crippen LogP contribution is -2.47. The van der Waals surface area contributed by atoms with Crippen LogP contribution in [0.2, 0.25) is 0 Å². The van der Waals surface area contributed by atoms with Crippen LogP contribution in [0, 0.1) is 0 Å². The average Bonchev–Trinajstić information content (AvgIpc) is 2.72. The molecule has 29 heavy (non-hydrogen) atoms. The van der Waals surface area contributed by atoms with E-state index in [4.69, 9.17) is 15.2 Å². The number of nitrogens with one attached hydrogen (secondary N) is 2. The Morgan fingerprint density at radius 1 is 1.10 bits per heavy atom. The van der Waals surface area contributed by atoms with Gasteiger partial charge in [-0.1, -0.05) is 30.3 Å². The van der Waals surface area contributed by atoms with Crippen molar-refractivity contribution in [1.82, 2.24) is 20.6 Å². The summed E-state index contributed by atoms with van der Waals surface area (Å²) in [6, 6.07) is 7.59. The molecule has 0 fully saturated rings.